The number of ketones is 1. The molecule has 0 radical (unpaired) electrons. The van der Waals surface area contributed by atoms with E-state index in [-0.39, 0.29) is 44.5 Å². The van der Waals surface area contributed by atoms with Crippen LogP contribution in [0, 0.1) is 25.2 Å². The normalized spacial score (nSPS) is 28.2. The van der Waals surface area contributed by atoms with Gasteiger partial charge in [0.25, 0.3) is 0 Å². The van der Waals surface area contributed by atoms with Crippen molar-refractivity contribution in [3.8, 4) is 34.8 Å². The molecule has 1 aromatic heterocycles. The van der Waals surface area contributed by atoms with E-state index in [1.165, 1.54) is 6.92 Å². The van der Waals surface area contributed by atoms with Gasteiger partial charge in [0.15, 0.2) is 28.8 Å². The van der Waals surface area contributed by atoms with E-state index in [1.807, 2.05) is 32.0 Å². The molecule has 8 heterocycles. The average Bonchev–Trinajstić information content (AvgIpc) is 3.86. The maximum Gasteiger partial charge on any atom is 0.308 e. The number of nitriles is 1. The summed E-state index contributed by atoms with van der Waals surface area (Å²) in [5.74, 6) is 2.49. The van der Waals surface area contributed by atoms with Crippen LogP contribution in [0.15, 0.2) is 43.0 Å². The lowest BCUT2D eigenvalue weighted by Gasteiger charge is -2.61. The molecular formula is C45H47N5O8S. The topological polar surface area (TPSA) is 148 Å². The van der Waals surface area contributed by atoms with Crippen LogP contribution in [0.4, 0.5) is 0 Å². The highest BCUT2D eigenvalue weighted by molar-refractivity contribution is 7.99. The largest absolute Gasteiger partial charge is 0.493 e. The molecule has 4 bridgehead atoms. The number of methoxy groups -OCH3 is 1. The van der Waals surface area contributed by atoms with Crippen LogP contribution >= 0.6 is 11.8 Å². The second-order valence-electron chi connectivity index (χ2n) is 16.4. The number of piperazine rings is 1. The Hall–Kier alpha value is -5.04. The van der Waals surface area contributed by atoms with Crippen molar-refractivity contribution in [1.82, 2.24) is 20.1 Å². The third-order valence-corrected chi connectivity index (χ3v) is 14.9. The van der Waals surface area contributed by atoms with Gasteiger partial charge in [0.05, 0.1) is 37.1 Å². The highest BCUT2D eigenvalue weighted by atomic mass is 32.2. The molecule has 59 heavy (non-hydrogen) atoms. The van der Waals surface area contributed by atoms with Crippen molar-refractivity contribution in [3.63, 3.8) is 0 Å². The number of carbonyl (C=O) groups is 2. The van der Waals surface area contributed by atoms with E-state index in [4.69, 9.17) is 28.4 Å². The number of esters is 1. The monoisotopic (exact) mass is 817 g/mol. The highest BCUT2D eigenvalue weighted by Gasteiger charge is 2.61. The standard InChI is InChI=1S/C45H47N5O8S/c1-7-14-55-41-33-25(15-22(2)38(41)53-6)16-29-30(17-46)50-31-18-54-19-32(52)45(44-27(12-13-47-45)26-10-8-9-11-28(26)48-44)20-59-43(37(50)36(33)49(29)5)35-34(31)42-40(56-21-57-42)23(3)39(35)58-24(4)51/h7-11,15,29-31,36-37,43,47-48H,1,12-14,16,18-21H2,2-6H3/t29-,30+,31+,36+,37?,43-,45+/m1/s1. The summed E-state index contributed by atoms with van der Waals surface area (Å²) in [5, 5.41) is 15.7. The first-order chi connectivity index (χ1) is 28.6. The molecule has 0 amide bonds. The van der Waals surface area contributed by atoms with Crippen LogP contribution in [0.3, 0.4) is 0 Å². The van der Waals surface area contributed by atoms with E-state index in [1.54, 1.807) is 24.9 Å². The molecule has 11 rings (SSSR count). The molecule has 1 unspecified atom stereocenters. The van der Waals surface area contributed by atoms with Gasteiger partial charge in [-0.2, -0.15) is 5.26 Å². The number of aromatic amines is 1. The molecule has 2 fully saturated rings. The van der Waals surface area contributed by atoms with Crippen LogP contribution in [0.5, 0.6) is 28.7 Å². The van der Waals surface area contributed by atoms with Crippen molar-refractivity contribution in [2.45, 2.75) is 74.6 Å². The van der Waals surface area contributed by atoms with Gasteiger partial charge in [-0.1, -0.05) is 36.9 Å². The molecule has 306 valence electrons. The van der Waals surface area contributed by atoms with Crippen molar-refractivity contribution < 1.29 is 38.0 Å². The van der Waals surface area contributed by atoms with Crippen molar-refractivity contribution in [1.29, 1.82) is 5.26 Å². The first-order valence-electron chi connectivity index (χ1n) is 20.2. The maximum atomic E-state index is 15.0. The molecule has 7 aliphatic rings. The number of para-hydroxylation sites is 1. The van der Waals surface area contributed by atoms with Crippen molar-refractivity contribution >= 4 is 34.4 Å². The van der Waals surface area contributed by atoms with Gasteiger partial charge in [0.2, 0.25) is 6.79 Å². The van der Waals surface area contributed by atoms with Gasteiger partial charge in [0, 0.05) is 70.2 Å². The Morgan fingerprint density at radius 3 is 2.75 bits per heavy atom. The number of fused-ring (bicyclic) bond motifs is 12. The zero-order valence-electron chi connectivity index (χ0n) is 33.8. The molecule has 2 saturated heterocycles. The van der Waals surface area contributed by atoms with Gasteiger partial charge in [-0.05, 0) is 56.5 Å². The first-order valence-corrected chi connectivity index (χ1v) is 21.2. The lowest BCUT2D eigenvalue weighted by atomic mass is 9.71. The minimum atomic E-state index is -1.14. The smallest absolute Gasteiger partial charge is 0.308 e. The van der Waals surface area contributed by atoms with Crippen molar-refractivity contribution in [3.05, 3.63) is 87.6 Å². The van der Waals surface area contributed by atoms with Gasteiger partial charge >= 0.3 is 5.97 Å². The SMILES string of the molecule is C=CCOc1c(OC)c(C)cc2c1[C@H]1C3[C@@H]4SC[C@]5(NCCc6c5[nH]c5ccccc65)C(=O)COC[C@@H](c5c6c(c(C)c(OC(C)=O)c54)OCO6)N3[C@@H](C#N)[C@@H](C2)N1C. The van der Waals surface area contributed by atoms with Gasteiger partial charge in [-0.15, -0.1) is 11.8 Å². The fraction of sp³-hybridized carbons (Fsp3) is 0.444. The van der Waals surface area contributed by atoms with Gasteiger partial charge in [-0.3, -0.25) is 24.7 Å². The Morgan fingerprint density at radius 1 is 1.15 bits per heavy atom. The number of Topliss-reactive ketones (excluding diaryl/α,β-unsaturated/α-hetero) is 1. The first kappa shape index (κ1) is 38.2. The Bertz CT molecular complexity index is 2500. The average molecular weight is 818 g/mol. The van der Waals surface area contributed by atoms with E-state index < -0.39 is 34.9 Å². The van der Waals surface area contributed by atoms with E-state index in [0.29, 0.717) is 53.0 Å². The summed E-state index contributed by atoms with van der Waals surface area (Å²) in [7, 11) is 3.75. The van der Waals surface area contributed by atoms with Crippen LogP contribution in [-0.2, 0) is 32.7 Å². The number of H-pyrrole nitrogens is 1. The summed E-state index contributed by atoms with van der Waals surface area (Å²) >= 11 is 1.63. The summed E-state index contributed by atoms with van der Waals surface area (Å²) in [4.78, 5) is 36.4. The lowest BCUT2D eigenvalue weighted by Crippen LogP contribution is -2.69. The lowest BCUT2D eigenvalue weighted by molar-refractivity contribution is -0.133. The molecule has 0 aliphatic carbocycles. The number of likely N-dealkylation sites (N-methyl/N-ethyl adjacent to an activating group) is 1. The second kappa shape index (κ2) is 14.3. The van der Waals surface area contributed by atoms with Crippen LogP contribution < -0.4 is 29.0 Å². The van der Waals surface area contributed by atoms with E-state index >= 15 is 0 Å². The Kier molecular flexibility index (Phi) is 9.26. The van der Waals surface area contributed by atoms with Gasteiger partial charge in [0.1, 0.15) is 30.5 Å². The minimum Gasteiger partial charge on any atom is -0.493 e. The summed E-state index contributed by atoms with van der Waals surface area (Å²) in [6, 6.07) is 10.9. The Balaban J connectivity index is 1.26. The van der Waals surface area contributed by atoms with Crippen LogP contribution in [0.2, 0.25) is 0 Å². The number of aryl methyl sites for hydroxylation is 1. The highest BCUT2D eigenvalue weighted by Crippen LogP contribution is 2.64. The predicted molar refractivity (Wildman–Crippen MR) is 221 cm³/mol. The number of benzene rings is 3. The number of carbonyl (C=O) groups excluding carboxylic acids is 2. The molecule has 2 N–H and O–H groups in total. The van der Waals surface area contributed by atoms with Crippen LogP contribution in [-0.4, -0.2) is 97.7 Å². The Labute approximate surface area is 346 Å². The molecule has 13 nitrogen and oxygen atoms in total. The number of hydrogen-bond acceptors (Lipinski definition) is 13. The number of ether oxygens (including phenoxy) is 6. The number of hydrogen-bond donors (Lipinski definition) is 2. The van der Waals surface area contributed by atoms with Gasteiger partial charge < -0.3 is 33.4 Å². The molecule has 7 aliphatic heterocycles. The fourth-order valence-electron chi connectivity index (χ4n) is 11.1. The third-order valence-electron chi connectivity index (χ3n) is 13.4. The number of aromatic nitrogens is 1. The van der Waals surface area contributed by atoms with Crippen molar-refractivity contribution in [2.24, 2.45) is 0 Å². The van der Waals surface area contributed by atoms with E-state index in [0.717, 1.165) is 56.4 Å². The van der Waals surface area contributed by atoms with E-state index in [2.05, 4.69) is 51.9 Å². The molecule has 3 aromatic carbocycles. The number of thioether (sulfide) groups is 1. The molecule has 0 saturated carbocycles. The van der Waals surface area contributed by atoms with Crippen molar-refractivity contribution in [2.75, 3.05) is 53.1 Å². The molecule has 4 aromatic rings. The third kappa shape index (κ3) is 5.44. The van der Waals surface area contributed by atoms with Crippen LogP contribution in [0.25, 0.3) is 10.9 Å². The molecule has 1 spiro atoms. The molecular weight excluding hydrogens is 771 g/mol. The zero-order chi connectivity index (χ0) is 40.9. The summed E-state index contributed by atoms with van der Waals surface area (Å²) < 4.78 is 38.0. The summed E-state index contributed by atoms with van der Waals surface area (Å²) in [6.07, 6.45) is 3.08. The predicted octanol–water partition coefficient (Wildman–Crippen LogP) is 5.66. The molecule has 14 heteroatoms. The number of rotatable bonds is 5. The van der Waals surface area contributed by atoms with Crippen LogP contribution in [0.1, 0.15) is 68.9 Å². The minimum absolute atomic E-state index is 0.0121. The zero-order valence-corrected chi connectivity index (χ0v) is 34.6. The fourth-order valence-corrected chi connectivity index (χ4v) is 12.8. The quantitative estimate of drug-likeness (QED) is 0.145. The second-order valence-corrected chi connectivity index (χ2v) is 17.5. The summed E-state index contributed by atoms with van der Waals surface area (Å²) in [6.45, 7) is 10.00. The van der Waals surface area contributed by atoms with Gasteiger partial charge in [-0.25, -0.2) is 0 Å². The molecule has 7 atom stereocenters. The number of nitrogens with one attached hydrogen (secondary N) is 2. The maximum absolute atomic E-state index is 15.0. The number of nitrogens with zero attached hydrogens (tertiary/aromatic N) is 3. The van der Waals surface area contributed by atoms with E-state index in [9.17, 15) is 14.9 Å². The summed E-state index contributed by atoms with van der Waals surface area (Å²) in [5.41, 5.74) is 6.99. The Morgan fingerprint density at radius 2 is 1.97 bits per heavy atom.